The second-order valence-corrected chi connectivity index (χ2v) is 3.64. The van der Waals surface area contributed by atoms with E-state index in [1.807, 2.05) is 6.92 Å². The van der Waals surface area contributed by atoms with Crippen LogP contribution in [0, 0.1) is 6.92 Å². The SMILES string of the molecule is COC(=O)Cn1c(C=O)cc(Br)c1C. The van der Waals surface area contributed by atoms with Crippen molar-refractivity contribution < 1.29 is 14.3 Å². The van der Waals surface area contributed by atoms with Crippen LogP contribution >= 0.6 is 15.9 Å². The Balaban J connectivity index is 3.05. The molecule has 1 heterocycles. The number of carbonyl (C=O) groups excluding carboxylic acids is 2. The van der Waals surface area contributed by atoms with Gasteiger partial charge in [0, 0.05) is 10.2 Å². The number of halogens is 1. The van der Waals surface area contributed by atoms with Crippen LogP contribution in [0.1, 0.15) is 16.2 Å². The van der Waals surface area contributed by atoms with E-state index in [9.17, 15) is 9.59 Å². The smallest absolute Gasteiger partial charge is 0.325 e. The van der Waals surface area contributed by atoms with Crippen LogP contribution in [-0.2, 0) is 16.1 Å². The van der Waals surface area contributed by atoms with Crippen LogP contribution in [0.5, 0.6) is 0 Å². The minimum Gasteiger partial charge on any atom is -0.468 e. The molecule has 14 heavy (non-hydrogen) atoms. The predicted molar refractivity (Wildman–Crippen MR) is 54.3 cm³/mol. The van der Waals surface area contributed by atoms with E-state index in [1.54, 1.807) is 10.6 Å². The molecule has 1 rings (SSSR count). The normalized spacial score (nSPS) is 9.93. The average molecular weight is 260 g/mol. The maximum absolute atomic E-state index is 11.0. The topological polar surface area (TPSA) is 48.3 Å². The maximum atomic E-state index is 11.0. The van der Waals surface area contributed by atoms with Crippen molar-refractivity contribution in [3.05, 3.63) is 21.9 Å². The molecule has 0 unspecified atom stereocenters. The number of aromatic nitrogens is 1. The van der Waals surface area contributed by atoms with Crippen LogP contribution in [0.2, 0.25) is 0 Å². The third kappa shape index (κ3) is 2.04. The zero-order valence-corrected chi connectivity index (χ0v) is 9.50. The van der Waals surface area contributed by atoms with Gasteiger partial charge in [0.05, 0.1) is 12.8 Å². The second kappa shape index (κ2) is 4.41. The lowest BCUT2D eigenvalue weighted by atomic mass is 10.4. The van der Waals surface area contributed by atoms with Crippen molar-refractivity contribution in [1.82, 2.24) is 4.57 Å². The molecule has 0 saturated heterocycles. The summed E-state index contributed by atoms with van der Waals surface area (Å²) in [6, 6.07) is 1.67. The number of hydrogen-bond acceptors (Lipinski definition) is 3. The van der Waals surface area contributed by atoms with E-state index in [0.717, 1.165) is 10.2 Å². The van der Waals surface area contributed by atoms with Gasteiger partial charge in [-0.25, -0.2) is 0 Å². The Morgan fingerprint density at radius 3 is 2.86 bits per heavy atom. The molecule has 76 valence electrons. The minimum absolute atomic E-state index is 0.0575. The van der Waals surface area contributed by atoms with Crippen molar-refractivity contribution in [3.8, 4) is 0 Å². The molecule has 4 nitrogen and oxygen atoms in total. The quantitative estimate of drug-likeness (QED) is 0.611. The molecule has 0 radical (unpaired) electrons. The molecular formula is C9H10BrNO3. The average Bonchev–Trinajstić information content (AvgIpc) is 2.45. The summed E-state index contributed by atoms with van der Waals surface area (Å²) in [7, 11) is 1.32. The zero-order valence-electron chi connectivity index (χ0n) is 7.91. The molecular weight excluding hydrogens is 250 g/mol. The molecule has 0 aliphatic rings. The van der Waals surface area contributed by atoms with Crippen molar-refractivity contribution in [2.45, 2.75) is 13.5 Å². The van der Waals surface area contributed by atoms with E-state index in [1.165, 1.54) is 7.11 Å². The molecule has 1 aromatic rings. The fourth-order valence-corrected chi connectivity index (χ4v) is 1.58. The first-order chi connectivity index (χ1) is 6.60. The molecule has 0 aliphatic carbocycles. The summed E-state index contributed by atoms with van der Waals surface area (Å²) in [5.74, 6) is -0.376. The van der Waals surface area contributed by atoms with Crippen LogP contribution in [0.3, 0.4) is 0 Å². The highest BCUT2D eigenvalue weighted by Gasteiger charge is 2.12. The van der Waals surface area contributed by atoms with Gasteiger partial charge < -0.3 is 9.30 Å². The number of methoxy groups -OCH3 is 1. The number of ether oxygens (including phenoxy) is 1. The Morgan fingerprint density at radius 2 is 2.36 bits per heavy atom. The van der Waals surface area contributed by atoms with Gasteiger partial charge in [-0.2, -0.15) is 0 Å². The Hall–Kier alpha value is -1.10. The van der Waals surface area contributed by atoms with Crippen molar-refractivity contribution in [2.75, 3.05) is 7.11 Å². The minimum atomic E-state index is -0.376. The summed E-state index contributed by atoms with van der Waals surface area (Å²) in [5, 5.41) is 0. The van der Waals surface area contributed by atoms with E-state index in [0.29, 0.717) is 12.0 Å². The van der Waals surface area contributed by atoms with Gasteiger partial charge in [-0.3, -0.25) is 9.59 Å². The molecule has 0 spiro atoms. The number of aldehydes is 1. The van der Waals surface area contributed by atoms with Crippen molar-refractivity contribution in [1.29, 1.82) is 0 Å². The predicted octanol–water partition coefficient (Wildman–Crippen LogP) is 1.54. The third-order valence-corrected chi connectivity index (χ3v) is 2.78. The number of nitrogens with zero attached hydrogens (tertiary/aromatic N) is 1. The Kier molecular flexibility index (Phi) is 3.46. The molecule has 0 N–H and O–H groups in total. The van der Waals surface area contributed by atoms with Crippen molar-refractivity contribution >= 4 is 28.2 Å². The van der Waals surface area contributed by atoms with Gasteiger partial charge in [0.15, 0.2) is 6.29 Å². The lowest BCUT2D eigenvalue weighted by Crippen LogP contribution is -2.14. The first-order valence-corrected chi connectivity index (χ1v) is 4.77. The molecule has 0 aliphatic heterocycles. The number of esters is 1. The lowest BCUT2D eigenvalue weighted by molar-refractivity contribution is -0.141. The number of carbonyl (C=O) groups is 2. The lowest BCUT2D eigenvalue weighted by Gasteiger charge is -2.06. The van der Waals surface area contributed by atoms with E-state index in [2.05, 4.69) is 20.7 Å². The highest BCUT2D eigenvalue weighted by Crippen LogP contribution is 2.20. The molecule has 0 saturated carbocycles. The largest absolute Gasteiger partial charge is 0.468 e. The monoisotopic (exact) mass is 259 g/mol. The van der Waals surface area contributed by atoms with Gasteiger partial charge >= 0.3 is 5.97 Å². The molecule has 0 aromatic carbocycles. The number of rotatable bonds is 3. The zero-order chi connectivity index (χ0) is 10.7. The van der Waals surface area contributed by atoms with Crippen LogP contribution < -0.4 is 0 Å². The van der Waals surface area contributed by atoms with E-state index < -0.39 is 0 Å². The van der Waals surface area contributed by atoms with Crippen LogP contribution in [0.4, 0.5) is 0 Å². The van der Waals surface area contributed by atoms with Crippen LogP contribution in [0.15, 0.2) is 10.5 Å². The Bertz CT molecular complexity index is 370. The summed E-state index contributed by atoms with van der Waals surface area (Å²) < 4.78 is 6.94. The van der Waals surface area contributed by atoms with Gasteiger partial charge in [-0.15, -0.1) is 0 Å². The first-order valence-electron chi connectivity index (χ1n) is 3.97. The third-order valence-electron chi connectivity index (χ3n) is 1.97. The van der Waals surface area contributed by atoms with E-state index in [-0.39, 0.29) is 12.5 Å². The van der Waals surface area contributed by atoms with E-state index >= 15 is 0 Å². The fourth-order valence-electron chi connectivity index (χ4n) is 1.14. The molecule has 0 fully saturated rings. The molecule has 5 heteroatoms. The Labute approximate surface area is 90.0 Å². The number of hydrogen-bond donors (Lipinski definition) is 0. The van der Waals surface area contributed by atoms with Gasteiger partial charge in [-0.1, -0.05) is 0 Å². The van der Waals surface area contributed by atoms with Gasteiger partial charge in [-0.05, 0) is 28.9 Å². The molecule has 0 bridgehead atoms. The fraction of sp³-hybridized carbons (Fsp3) is 0.333. The van der Waals surface area contributed by atoms with Gasteiger partial charge in [0.2, 0.25) is 0 Å². The maximum Gasteiger partial charge on any atom is 0.325 e. The summed E-state index contributed by atoms with van der Waals surface area (Å²) in [5.41, 5.74) is 1.29. The summed E-state index contributed by atoms with van der Waals surface area (Å²) in [6.45, 7) is 1.88. The standard InChI is InChI=1S/C9H10BrNO3/c1-6-8(10)3-7(5-12)11(6)4-9(13)14-2/h3,5H,4H2,1-2H3. The van der Waals surface area contributed by atoms with Crippen molar-refractivity contribution in [3.63, 3.8) is 0 Å². The van der Waals surface area contributed by atoms with E-state index in [4.69, 9.17) is 0 Å². The van der Waals surface area contributed by atoms with Gasteiger partial charge in [0.25, 0.3) is 0 Å². The van der Waals surface area contributed by atoms with Crippen molar-refractivity contribution in [2.24, 2.45) is 0 Å². The highest BCUT2D eigenvalue weighted by molar-refractivity contribution is 9.10. The summed E-state index contributed by atoms with van der Waals surface area (Å²) >= 11 is 3.29. The summed E-state index contributed by atoms with van der Waals surface area (Å²) in [6.07, 6.45) is 0.709. The molecule has 0 amide bonds. The highest BCUT2D eigenvalue weighted by atomic mass is 79.9. The van der Waals surface area contributed by atoms with Gasteiger partial charge in [0.1, 0.15) is 6.54 Å². The van der Waals surface area contributed by atoms with Crippen LogP contribution in [0.25, 0.3) is 0 Å². The first kappa shape index (κ1) is 11.0. The molecule has 1 aromatic heterocycles. The second-order valence-electron chi connectivity index (χ2n) is 2.78. The molecule has 0 atom stereocenters. The Morgan fingerprint density at radius 1 is 1.71 bits per heavy atom. The van der Waals surface area contributed by atoms with Crippen LogP contribution in [-0.4, -0.2) is 23.9 Å². The summed E-state index contributed by atoms with van der Waals surface area (Å²) in [4.78, 5) is 21.7.